The van der Waals surface area contributed by atoms with Crippen LogP contribution in [-0.4, -0.2) is 38.5 Å². The van der Waals surface area contributed by atoms with Gasteiger partial charge in [0, 0.05) is 18.5 Å². The molecule has 2 rings (SSSR count). The molecule has 3 nitrogen and oxygen atoms in total. The predicted octanol–water partition coefficient (Wildman–Crippen LogP) is 0.400. The Labute approximate surface area is 73.4 Å². The highest BCUT2D eigenvalue weighted by molar-refractivity contribution is 4.94. The van der Waals surface area contributed by atoms with Gasteiger partial charge in [0.1, 0.15) is 0 Å². The van der Waals surface area contributed by atoms with E-state index in [2.05, 4.69) is 19.2 Å². The molecule has 0 amide bonds. The number of piperidine rings is 1. The Hall–Kier alpha value is -0.120. The van der Waals surface area contributed by atoms with Gasteiger partial charge in [0.05, 0.1) is 25.4 Å². The fourth-order valence-electron chi connectivity index (χ4n) is 2.10. The monoisotopic (exact) mass is 171 g/mol. The molecule has 2 saturated heterocycles. The van der Waals surface area contributed by atoms with E-state index in [0.717, 1.165) is 26.3 Å². The normalized spacial score (nSPS) is 40.5. The highest BCUT2D eigenvalue weighted by Crippen LogP contribution is 2.31. The Kier molecular flexibility index (Phi) is 2.10. The van der Waals surface area contributed by atoms with Gasteiger partial charge < -0.3 is 14.8 Å². The van der Waals surface area contributed by atoms with E-state index in [1.165, 1.54) is 0 Å². The zero-order chi connectivity index (χ0) is 8.60. The van der Waals surface area contributed by atoms with E-state index in [4.69, 9.17) is 9.47 Å². The molecule has 2 aliphatic rings. The molecule has 0 aromatic heterocycles. The summed E-state index contributed by atoms with van der Waals surface area (Å²) in [6.07, 6.45) is 0.551. The number of hydrogen-bond donors (Lipinski definition) is 1. The van der Waals surface area contributed by atoms with Crippen LogP contribution in [0.15, 0.2) is 0 Å². The van der Waals surface area contributed by atoms with Gasteiger partial charge in [-0.15, -0.1) is 0 Å². The molecule has 0 radical (unpaired) electrons. The van der Waals surface area contributed by atoms with Crippen molar-refractivity contribution in [3.05, 3.63) is 0 Å². The second-order valence-corrected chi connectivity index (χ2v) is 4.32. The lowest BCUT2D eigenvalue weighted by molar-refractivity contribution is -0.187. The number of hydrogen-bond acceptors (Lipinski definition) is 3. The van der Waals surface area contributed by atoms with Crippen LogP contribution in [0.4, 0.5) is 0 Å². The molecule has 2 aliphatic heterocycles. The minimum atomic E-state index is 0.212. The molecular formula is C9H17NO2. The quantitative estimate of drug-likeness (QED) is 0.572. The first-order valence-corrected chi connectivity index (χ1v) is 4.64. The Morgan fingerprint density at radius 3 is 2.75 bits per heavy atom. The molecule has 12 heavy (non-hydrogen) atoms. The van der Waals surface area contributed by atoms with Crippen molar-refractivity contribution in [3.8, 4) is 0 Å². The molecule has 70 valence electrons. The van der Waals surface area contributed by atoms with E-state index < -0.39 is 0 Å². The van der Waals surface area contributed by atoms with Gasteiger partial charge >= 0.3 is 0 Å². The summed E-state index contributed by atoms with van der Waals surface area (Å²) in [7, 11) is 0. The number of nitrogens with one attached hydrogen (secondary N) is 1. The zero-order valence-corrected chi connectivity index (χ0v) is 7.80. The summed E-state index contributed by atoms with van der Waals surface area (Å²) in [6.45, 7) is 7.92. The molecule has 2 fully saturated rings. The van der Waals surface area contributed by atoms with Crippen molar-refractivity contribution in [1.29, 1.82) is 0 Å². The van der Waals surface area contributed by atoms with Gasteiger partial charge in [-0.3, -0.25) is 0 Å². The van der Waals surface area contributed by atoms with Crippen LogP contribution in [0.25, 0.3) is 0 Å². The summed E-state index contributed by atoms with van der Waals surface area (Å²) in [6, 6.07) is 0. The van der Waals surface area contributed by atoms with Crippen LogP contribution in [-0.2, 0) is 9.47 Å². The number of rotatable bonds is 0. The van der Waals surface area contributed by atoms with Gasteiger partial charge in [-0.05, 0) is 0 Å². The fourth-order valence-corrected chi connectivity index (χ4v) is 2.10. The third kappa shape index (κ3) is 1.37. The van der Waals surface area contributed by atoms with Crippen molar-refractivity contribution in [2.24, 2.45) is 5.41 Å². The Balaban J connectivity index is 2.09. The van der Waals surface area contributed by atoms with Crippen LogP contribution >= 0.6 is 0 Å². The topological polar surface area (TPSA) is 30.5 Å². The summed E-state index contributed by atoms with van der Waals surface area (Å²) in [4.78, 5) is 0. The first-order valence-electron chi connectivity index (χ1n) is 4.64. The van der Waals surface area contributed by atoms with Crippen LogP contribution in [0, 0.1) is 5.41 Å². The van der Waals surface area contributed by atoms with Crippen molar-refractivity contribution in [2.45, 2.75) is 26.1 Å². The van der Waals surface area contributed by atoms with E-state index in [0.29, 0.717) is 0 Å². The molecule has 0 aromatic rings. The minimum absolute atomic E-state index is 0.212. The summed E-state index contributed by atoms with van der Waals surface area (Å²) in [5.41, 5.74) is 0.212. The van der Waals surface area contributed by atoms with Crippen molar-refractivity contribution in [2.75, 3.05) is 26.3 Å². The molecule has 0 aromatic carbocycles. The van der Waals surface area contributed by atoms with Gasteiger partial charge in [-0.1, -0.05) is 13.8 Å². The second-order valence-electron chi connectivity index (χ2n) is 4.32. The summed E-state index contributed by atoms with van der Waals surface area (Å²) in [5, 5.41) is 3.37. The maximum atomic E-state index is 5.73. The van der Waals surface area contributed by atoms with Gasteiger partial charge in [-0.2, -0.15) is 0 Å². The zero-order valence-electron chi connectivity index (χ0n) is 7.80. The van der Waals surface area contributed by atoms with Crippen molar-refractivity contribution in [1.82, 2.24) is 5.32 Å². The van der Waals surface area contributed by atoms with Crippen molar-refractivity contribution in [3.63, 3.8) is 0 Å². The average Bonchev–Trinajstić information content (AvgIpc) is 2.04. The van der Waals surface area contributed by atoms with Crippen LogP contribution in [0.2, 0.25) is 0 Å². The van der Waals surface area contributed by atoms with Crippen LogP contribution in [0.3, 0.4) is 0 Å². The lowest BCUT2D eigenvalue weighted by atomic mass is 9.80. The second kappa shape index (κ2) is 2.98. The van der Waals surface area contributed by atoms with Crippen LogP contribution < -0.4 is 5.32 Å². The van der Waals surface area contributed by atoms with Gasteiger partial charge in [0.25, 0.3) is 0 Å². The average molecular weight is 171 g/mol. The van der Waals surface area contributed by atoms with E-state index in [1.54, 1.807) is 0 Å². The third-order valence-electron chi connectivity index (χ3n) is 2.75. The van der Waals surface area contributed by atoms with E-state index in [9.17, 15) is 0 Å². The number of ether oxygens (including phenoxy) is 2. The molecular weight excluding hydrogens is 154 g/mol. The molecule has 1 N–H and O–H groups in total. The Morgan fingerprint density at radius 1 is 1.25 bits per heavy atom. The SMILES string of the molecule is CC1(C)CNC[C@@H]2OCCO[C@@H]21. The standard InChI is InChI=1S/C9H17NO2/c1-9(2)6-10-5-7-8(9)12-4-3-11-7/h7-8,10H,3-6H2,1-2H3/t7-,8-/m0/s1. The highest BCUT2D eigenvalue weighted by Gasteiger charge is 2.42. The van der Waals surface area contributed by atoms with Gasteiger partial charge in [0.15, 0.2) is 0 Å². The van der Waals surface area contributed by atoms with Crippen molar-refractivity contribution >= 4 is 0 Å². The molecule has 0 spiro atoms. The Bertz CT molecular complexity index is 168. The van der Waals surface area contributed by atoms with Gasteiger partial charge in [0.2, 0.25) is 0 Å². The predicted molar refractivity (Wildman–Crippen MR) is 46.1 cm³/mol. The molecule has 0 unspecified atom stereocenters. The molecule has 0 bridgehead atoms. The molecule has 0 saturated carbocycles. The molecule has 2 atom stereocenters. The summed E-state index contributed by atoms with van der Waals surface area (Å²) in [5.74, 6) is 0. The largest absolute Gasteiger partial charge is 0.372 e. The number of fused-ring (bicyclic) bond motifs is 1. The van der Waals surface area contributed by atoms with E-state index in [-0.39, 0.29) is 17.6 Å². The molecule has 3 heteroatoms. The molecule has 0 aliphatic carbocycles. The van der Waals surface area contributed by atoms with E-state index in [1.807, 2.05) is 0 Å². The highest BCUT2D eigenvalue weighted by atomic mass is 16.6. The van der Waals surface area contributed by atoms with Crippen LogP contribution in [0.5, 0.6) is 0 Å². The first kappa shape index (κ1) is 8.48. The summed E-state index contributed by atoms with van der Waals surface area (Å²) >= 11 is 0. The lowest BCUT2D eigenvalue weighted by Crippen LogP contribution is -2.59. The van der Waals surface area contributed by atoms with Crippen molar-refractivity contribution < 1.29 is 9.47 Å². The van der Waals surface area contributed by atoms with Crippen LogP contribution in [0.1, 0.15) is 13.8 Å². The maximum Gasteiger partial charge on any atom is 0.0967 e. The third-order valence-corrected chi connectivity index (χ3v) is 2.75. The smallest absolute Gasteiger partial charge is 0.0967 e. The maximum absolute atomic E-state index is 5.73. The fraction of sp³-hybridized carbons (Fsp3) is 1.00. The van der Waals surface area contributed by atoms with Gasteiger partial charge in [-0.25, -0.2) is 0 Å². The first-order chi connectivity index (χ1) is 5.70. The molecule has 2 heterocycles. The Morgan fingerprint density at radius 2 is 2.00 bits per heavy atom. The van der Waals surface area contributed by atoms with E-state index >= 15 is 0 Å². The minimum Gasteiger partial charge on any atom is -0.372 e. The summed E-state index contributed by atoms with van der Waals surface area (Å²) < 4.78 is 11.4. The lowest BCUT2D eigenvalue weighted by Gasteiger charge is -2.46.